The van der Waals surface area contributed by atoms with Gasteiger partial charge in [0, 0.05) is 19.6 Å². The van der Waals surface area contributed by atoms with E-state index < -0.39 is 29.8 Å². The zero-order chi connectivity index (χ0) is 31.5. The number of carbonyl (C=O) groups excluding carboxylic acids is 4. The molecule has 1 fully saturated rings. The number of aromatic hydroxyl groups is 1. The van der Waals surface area contributed by atoms with Gasteiger partial charge in [0.1, 0.15) is 11.8 Å². The Balaban J connectivity index is 1.37. The first kappa shape index (κ1) is 32.2. The molecule has 232 valence electrons. The van der Waals surface area contributed by atoms with Crippen LogP contribution in [0.3, 0.4) is 0 Å². The first-order valence-electron chi connectivity index (χ1n) is 15.0. The molecule has 0 aromatic heterocycles. The average molecular weight is 600 g/mol. The molecular formula is C34H41N5O5. The first-order chi connectivity index (χ1) is 21.2. The molecular weight excluding hydrogens is 558 g/mol. The minimum absolute atomic E-state index is 0.0532. The van der Waals surface area contributed by atoms with E-state index in [1.165, 1.54) is 17.0 Å². The van der Waals surface area contributed by atoms with Crippen molar-refractivity contribution in [2.45, 2.75) is 44.2 Å². The molecule has 44 heavy (non-hydrogen) atoms. The van der Waals surface area contributed by atoms with Crippen molar-refractivity contribution in [3.05, 3.63) is 102 Å². The number of nitrogens with one attached hydrogen (secondary N) is 2. The highest BCUT2D eigenvalue weighted by Gasteiger charge is 2.36. The Morgan fingerprint density at radius 2 is 1.32 bits per heavy atom. The molecule has 7 N–H and O–H groups in total. The molecule has 1 aliphatic heterocycles. The molecule has 1 saturated heterocycles. The summed E-state index contributed by atoms with van der Waals surface area (Å²) in [5.41, 5.74) is 14.6. The number of nitrogens with two attached hydrogens (primary N) is 2. The van der Waals surface area contributed by atoms with Crippen molar-refractivity contribution in [1.29, 1.82) is 0 Å². The molecule has 4 amide bonds. The van der Waals surface area contributed by atoms with Crippen LogP contribution in [0.1, 0.15) is 29.5 Å². The fourth-order valence-electron chi connectivity index (χ4n) is 5.53. The van der Waals surface area contributed by atoms with Crippen LogP contribution in [0.25, 0.3) is 0 Å². The van der Waals surface area contributed by atoms with E-state index in [1.54, 1.807) is 12.1 Å². The van der Waals surface area contributed by atoms with Crippen LogP contribution in [0.15, 0.2) is 84.9 Å². The Kier molecular flexibility index (Phi) is 11.5. The van der Waals surface area contributed by atoms with Gasteiger partial charge in [0.05, 0.1) is 17.9 Å². The highest BCUT2D eigenvalue weighted by atomic mass is 16.3. The standard InChI is InChI=1S/C34H41N5O5/c35-29(20-25-13-15-28(40)16-14-25)34(44)39-17-7-12-30(39)33(43)38-22-27(19-24-10-5-2-6-11-24)32(42)37-21-26(31(36)41)18-23-8-3-1-4-9-23/h1-6,8-11,13-16,26-27,29-30,40H,7,12,17-22,35H2,(H2,36,41)(H,37,42)(H,38,43)/t26-,27-,29-,30-/m0/s1. The Bertz CT molecular complexity index is 1400. The summed E-state index contributed by atoms with van der Waals surface area (Å²) in [6.07, 6.45) is 2.22. The van der Waals surface area contributed by atoms with E-state index in [1.807, 2.05) is 60.7 Å². The lowest BCUT2D eigenvalue weighted by Crippen LogP contribution is -2.53. The normalized spacial score (nSPS) is 16.5. The molecule has 0 saturated carbocycles. The van der Waals surface area contributed by atoms with Gasteiger partial charge in [-0.25, -0.2) is 0 Å². The van der Waals surface area contributed by atoms with Crippen LogP contribution in [0, 0.1) is 11.8 Å². The Morgan fingerprint density at radius 3 is 1.91 bits per heavy atom. The summed E-state index contributed by atoms with van der Waals surface area (Å²) in [6, 6.07) is 23.9. The fourth-order valence-corrected chi connectivity index (χ4v) is 5.53. The van der Waals surface area contributed by atoms with Crippen molar-refractivity contribution in [2.24, 2.45) is 23.3 Å². The molecule has 0 radical (unpaired) electrons. The average Bonchev–Trinajstić information content (AvgIpc) is 3.53. The Hall–Kier alpha value is -4.70. The number of hydrogen-bond donors (Lipinski definition) is 5. The second-order valence-corrected chi connectivity index (χ2v) is 11.3. The van der Waals surface area contributed by atoms with Crippen molar-refractivity contribution < 1.29 is 24.3 Å². The van der Waals surface area contributed by atoms with Crippen molar-refractivity contribution >= 4 is 23.6 Å². The molecule has 0 spiro atoms. The van der Waals surface area contributed by atoms with Gasteiger partial charge in [0.15, 0.2) is 0 Å². The van der Waals surface area contributed by atoms with Crippen molar-refractivity contribution in [1.82, 2.24) is 15.5 Å². The van der Waals surface area contributed by atoms with Gasteiger partial charge in [-0.05, 0) is 60.9 Å². The molecule has 3 aromatic carbocycles. The fraction of sp³-hybridized carbons (Fsp3) is 0.353. The van der Waals surface area contributed by atoms with Crippen LogP contribution in [0.2, 0.25) is 0 Å². The largest absolute Gasteiger partial charge is 0.508 e. The predicted octanol–water partition coefficient (Wildman–Crippen LogP) is 1.69. The van der Waals surface area contributed by atoms with Crippen LogP contribution in [-0.4, -0.2) is 65.4 Å². The molecule has 4 atom stereocenters. The van der Waals surface area contributed by atoms with Crippen LogP contribution in [0.5, 0.6) is 5.75 Å². The smallest absolute Gasteiger partial charge is 0.242 e. The second-order valence-electron chi connectivity index (χ2n) is 11.3. The predicted molar refractivity (Wildman–Crippen MR) is 167 cm³/mol. The van der Waals surface area contributed by atoms with Crippen LogP contribution in [0.4, 0.5) is 0 Å². The van der Waals surface area contributed by atoms with Gasteiger partial charge in [0.2, 0.25) is 23.6 Å². The third-order valence-corrected chi connectivity index (χ3v) is 8.02. The molecule has 10 heteroatoms. The van der Waals surface area contributed by atoms with Crippen LogP contribution in [-0.2, 0) is 38.4 Å². The molecule has 0 aliphatic carbocycles. The quantitative estimate of drug-likeness (QED) is 0.189. The van der Waals surface area contributed by atoms with Crippen molar-refractivity contribution in [3.8, 4) is 5.75 Å². The minimum atomic E-state index is -0.835. The van der Waals surface area contributed by atoms with E-state index in [-0.39, 0.29) is 43.0 Å². The zero-order valence-electron chi connectivity index (χ0n) is 24.7. The summed E-state index contributed by atoms with van der Waals surface area (Å²) in [6.45, 7) is 0.549. The van der Waals surface area contributed by atoms with E-state index in [4.69, 9.17) is 11.5 Å². The third-order valence-electron chi connectivity index (χ3n) is 8.02. The van der Waals surface area contributed by atoms with Gasteiger partial charge >= 0.3 is 0 Å². The molecule has 0 bridgehead atoms. The topological polar surface area (TPSA) is 168 Å². The lowest BCUT2D eigenvalue weighted by Gasteiger charge is -2.27. The van der Waals surface area contributed by atoms with Crippen molar-refractivity contribution in [2.75, 3.05) is 19.6 Å². The van der Waals surface area contributed by atoms with E-state index in [0.717, 1.165) is 16.7 Å². The Labute approximate surface area is 257 Å². The highest BCUT2D eigenvalue weighted by molar-refractivity contribution is 5.91. The summed E-state index contributed by atoms with van der Waals surface area (Å²) >= 11 is 0. The number of hydrogen-bond acceptors (Lipinski definition) is 6. The number of benzene rings is 3. The highest BCUT2D eigenvalue weighted by Crippen LogP contribution is 2.20. The number of phenols is 1. The lowest BCUT2D eigenvalue weighted by atomic mass is 9.96. The van der Waals surface area contributed by atoms with Crippen LogP contribution < -0.4 is 22.1 Å². The van der Waals surface area contributed by atoms with Gasteiger partial charge in [-0.15, -0.1) is 0 Å². The van der Waals surface area contributed by atoms with E-state index in [2.05, 4.69) is 10.6 Å². The summed E-state index contributed by atoms with van der Waals surface area (Å²) < 4.78 is 0. The van der Waals surface area contributed by atoms with Crippen LogP contribution >= 0.6 is 0 Å². The number of carbonyl (C=O) groups is 4. The molecule has 0 unspecified atom stereocenters. The van der Waals surface area contributed by atoms with Gasteiger partial charge < -0.3 is 32.1 Å². The number of phenolic OH excluding ortho intramolecular Hbond substituents is 1. The minimum Gasteiger partial charge on any atom is -0.508 e. The monoisotopic (exact) mass is 599 g/mol. The van der Waals surface area contributed by atoms with E-state index in [9.17, 15) is 24.3 Å². The van der Waals surface area contributed by atoms with Gasteiger partial charge in [-0.1, -0.05) is 72.8 Å². The number of primary amides is 1. The molecule has 10 nitrogen and oxygen atoms in total. The number of nitrogens with zero attached hydrogens (tertiary/aromatic N) is 1. The van der Waals surface area contributed by atoms with Gasteiger partial charge in [0.25, 0.3) is 0 Å². The zero-order valence-corrected chi connectivity index (χ0v) is 24.7. The summed E-state index contributed by atoms with van der Waals surface area (Å²) in [7, 11) is 0. The SMILES string of the molecule is NC(=O)[C@H](CNC(=O)[C@H](CNC(=O)[C@@H]1CCCN1C(=O)[C@@H](N)Cc1ccc(O)cc1)Cc1ccccc1)Cc1ccccc1. The third kappa shape index (κ3) is 9.15. The molecule has 1 aliphatic rings. The lowest BCUT2D eigenvalue weighted by molar-refractivity contribution is -0.139. The maximum Gasteiger partial charge on any atom is 0.242 e. The maximum absolute atomic E-state index is 13.4. The molecule has 1 heterocycles. The van der Waals surface area contributed by atoms with Gasteiger partial charge in [-0.3, -0.25) is 19.2 Å². The Morgan fingerprint density at radius 1 is 0.773 bits per heavy atom. The van der Waals surface area contributed by atoms with Gasteiger partial charge in [-0.2, -0.15) is 0 Å². The molecule has 3 aromatic rings. The first-order valence-corrected chi connectivity index (χ1v) is 15.0. The molecule has 4 rings (SSSR count). The van der Waals surface area contributed by atoms with E-state index >= 15 is 0 Å². The maximum atomic E-state index is 13.4. The summed E-state index contributed by atoms with van der Waals surface area (Å²) in [5.74, 6) is -2.53. The van der Waals surface area contributed by atoms with Crippen molar-refractivity contribution in [3.63, 3.8) is 0 Å². The number of likely N-dealkylation sites (tertiary alicyclic amines) is 1. The second kappa shape index (κ2) is 15.7. The summed E-state index contributed by atoms with van der Waals surface area (Å²) in [5, 5.41) is 15.3. The van der Waals surface area contributed by atoms with E-state index in [0.29, 0.717) is 32.2 Å². The number of amides is 4. The number of rotatable bonds is 14. The summed E-state index contributed by atoms with van der Waals surface area (Å²) in [4.78, 5) is 53.7.